The minimum Gasteiger partial charge on any atom is -0.507 e. The molecule has 1 amide bonds. The van der Waals surface area contributed by atoms with Crippen molar-refractivity contribution in [2.24, 2.45) is 0 Å². The number of ether oxygens (including phenoxy) is 2. The second-order valence-electron chi connectivity index (χ2n) is 8.87. The summed E-state index contributed by atoms with van der Waals surface area (Å²) in [6.07, 6.45) is 0.605. The van der Waals surface area contributed by atoms with Crippen LogP contribution in [0.25, 0.3) is 11.3 Å². The number of methoxy groups -OCH3 is 2. The highest BCUT2D eigenvalue weighted by Gasteiger charge is 2.42. The maximum atomic E-state index is 13.7. The highest BCUT2D eigenvalue weighted by molar-refractivity contribution is 9.10. The molecule has 2 N–H and O–H groups in total. The number of carbonyl (C=O) groups is 1. The lowest BCUT2D eigenvalue weighted by molar-refractivity contribution is 0.0746. The highest BCUT2D eigenvalue weighted by Crippen LogP contribution is 2.45. The van der Waals surface area contributed by atoms with Crippen molar-refractivity contribution in [3.8, 4) is 28.5 Å². The number of halogens is 2. The molecule has 0 saturated heterocycles. The zero-order valence-corrected chi connectivity index (χ0v) is 22.9. The van der Waals surface area contributed by atoms with E-state index in [9.17, 15) is 9.90 Å². The van der Waals surface area contributed by atoms with Crippen LogP contribution in [0.5, 0.6) is 17.2 Å². The first-order valence-electron chi connectivity index (χ1n) is 11.7. The van der Waals surface area contributed by atoms with Crippen molar-refractivity contribution in [1.29, 1.82) is 0 Å². The Morgan fingerprint density at radius 1 is 1.08 bits per heavy atom. The van der Waals surface area contributed by atoms with Gasteiger partial charge in [-0.1, -0.05) is 45.7 Å². The van der Waals surface area contributed by atoms with Crippen LogP contribution in [0.1, 0.15) is 38.8 Å². The monoisotopic (exact) mass is 581 g/mol. The van der Waals surface area contributed by atoms with Crippen molar-refractivity contribution >= 4 is 33.4 Å². The van der Waals surface area contributed by atoms with Crippen molar-refractivity contribution in [3.05, 3.63) is 92.0 Å². The van der Waals surface area contributed by atoms with Crippen molar-refractivity contribution < 1.29 is 19.4 Å². The van der Waals surface area contributed by atoms with Gasteiger partial charge < -0.3 is 19.5 Å². The molecule has 2 heterocycles. The van der Waals surface area contributed by atoms with Crippen LogP contribution >= 0.6 is 27.5 Å². The zero-order valence-electron chi connectivity index (χ0n) is 20.5. The fourth-order valence-electron chi connectivity index (χ4n) is 4.77. The molecule has 190 valence electrons. The van der Waals surface area contributed by atoms with E-state index in [1.54, 1.807) is 26.4 Å². The molecule has 3 aromatic carbocycles. The Morgan fingerprint density at radius 3 is 2.51 bits per heavy atom. The standard InChI is InChI=1S/C28H25BrClN3O4/c1-15-12-21(34)19(14-20(15)30)25-24-26(32-31-25)28(35)33(27(24)17-5-7-18(29)8-6-17)11-10-16-4-9-22(36-2)23(13-16)37-3/h4-9,12-14,27,34H,10-11H2,1-3H3,(H,31,32). The topological polar surface area (TPSA) is 87.7 Å². The molecule has 1 unspecified atom stereocenters. The summed E-state index contributed by atoms with van der Waals surface area (Å²) in [4.78, 5) is 15.5. The van der Waals surface area contributed by atoms with Crippen molar-refractivity contribution in [3.63, 3.8) is 0 Å². The van der Waals surface area contributed by atoms with Gasteiger partial charge in [0.1, 0.15) is 17.1 Å². The highest BCUT2D eigenvalue weighted by atomic mass is 79.9. The van der Waals surface area contributed by atoms with Gasteiger partial charge in [-0.3, -0.25) is 9.89 Å². The number of H-pyrrole nitrogens is 1. The molecule has 7 nitrogen and oxygen atoms in total. The number of rotatable bonds is 7. The second kappa shape index (κ2) is 10.1. The van der Waals surface area contributed by atoms with Crippen LogP contribution < -0.4 is 9.47 Å². The molecule has 1 atom stereocenters. The second-order valence-corrected chi connectivity index (χ2v) is 10.2. The number of aromatic amines is 1. The van der Waals surface area contributed by atoms with Crippen LogP contribution in [-0.2, 0) is 6.42 Å². The van der Waals surface area contributed by atoms with Gasteiger partial charge in [0.25, 0.3) is 5.91 Å². The number of benzene rings is 3. The Balaban J connectivity index is 1.56. The van der Waals surface area contributed by atoms with E-state index in [-0.39, 0.29) is 11.7 Å². The third-order valence-electron chi connectivity index (χ3n) is 6.67. The number of nitrogens with one attached hydrogen (secondary N) is 1. The van der Waals surface area contributed by atoms with Gasteiger partial charge >= 0.3 is 0 Å². The summed E-state index contributed by atoms with van der Waals surface area (Å²) in [6.45, 7) is 2.28. The molecule has 37 heavy (non-hydrogen) atoms. The maximum absolute atomic E-state index is 13.7. The van der Waals surface area contributed by atoms with E-state index in [0.717, 1.165) is 26.7 Å². The van der Waals surface area contributed by atoms with E-state index in [0.29, 0.717) is 46.4 Å². The quantitative estimate of drug-likeness (QED) is 0.267. The molecule has 0 radical (unpaired) electrons. The first-order valence-corrected chi connectivity index (χ1v) is 12.8. The van der Waals surface area contributed by atoms with Gasteiger partial charge in [0.05, 0.1) is 20.3 Å². The molecule has 0 fully saturated rings. The predicted octanol–water partition coefficient (Wildman–Crippen LogP) is 6.31. The van der Waals surface area contributed by atoms with E-state index in [4.69, 9.17) is 21.1 Å². The number of nitrogens with zero attached hydrogens (tertiary/aromatic N) is 2. The minimum absolute atomic E-state index is 0.0574. The van der Waals surface area contributed by atoms with Gasteiger partial charge in [0.2, 0.25) is 0 Å². The third kappa shape index (κ3) is 4.55. The summed E-state index contributed by atoms with van der Waals surface area (Å²) >= 11 is 9.89. The van der Waals surface area contributed by atoms with Crippen LogP contribution in [-0.4, -0.2) is 46.9 Å². The smallest absolute Gasteiger partial charge is 0.273 e. The molecule has 1 aliphatic heterocycles. The average Bonchev–Trinajstić information content (AvgIpc) is 3.44. The molecule has 4 aromatic rings. The lowest BCUT2D eigenvalue weighted by Crippen LogP contribution is -2.31. The fraction of sp³-hybridized carbons (Fsp3) is 0.214. The molecular formula is C28H25BrClN3O4. The first-order chi connectivity index (χ1) is 17.8. The summed E-state index contributed by atoms with van der Waals surface area (Å²) in [5.74, 6) is 1.20. The number of fused-ring (bicyclic) bond motifs is 1. The molecule has 1 aromatic heterocycles. The Hall–Kier alpha value is -3.49. The number of aromatic nitrogens is 2. The van der Waals surface area contributed by atoms with Crippen LogP contribution in [0.15, 0.2) is 59.1 Å². The number of carbonyl (C=O) groups excluding carboxylic acids is 1. The van der Waals surface area contributed by atoms with Crippen LogP contribution in [0, 0.1) is 6.92 Å². The zero-order chi connectivity index (χ0) is 26.3. The van der Waals surface area contributed by atoms with Crippen LogP contribution in [0.3, 0.4) is 0 Å². The Labute approximate surface area is 228 Å². The number of phenolic OH excluding ortho intramolecular Hbond substituents is 1. The number of aromatic hydroxyl groups is 1. The average molecular weight is 583 g/mol. The number of hydrogen-bond acceptors (Lipinski definition) is 5. The molecule has 9 heteroatoms. The summed E-state index contributed by atoms with van der Waals surface area (Å²) in [5, 5.41) is 18.6. The molecule has 5 rings (SSSR count). The van der Waals surface area contributed by atoms with Crippen LogP contribution in [0.4, 0.5) is 0 Å². The van der Waals surface area contributed by atoms with E-state index in [1.807, 2.05) is 54.3 Å². The number of phenols is 1. The number of hydrogen-bond donors (Lipinski definition) is 2. The van der Waals surface area contributed by atoms with E-state index < -0.39 is 6.04 Å². The van der Waals surface area contributed by atoms with Gasteiger partial charge in [0, 0.05) is 27.2 Å². The van der Waals surface area contributed by atoms with E-state index in [2.05, 4.69) is 26.1 Å². The van der Waals surface area contributed by atoms with E-state index in [1.165, 1.54) is 0 Å². The molecule has 0 saturated carbocycles. The SMILES string of the molecule is COc1ccc(CCN2C(=O)c3[nH]nc(-c4cc(Cl)c(C)cc4O)c3C2c2ccc(Br)cc2)cc1OC. The number of amides is 1. The van der Waals surface area contributed by atoms with Crippen LogP contribution in [0.2, 0.25) is 5.02 Å². The first kappa shape index (κ1) is 25.2. The molecule has 0 spiro atoms. The molecule has 1 aliphatic rings. The van der Waals surface area contributed by atoms with Crippen molar-refractivity contribution in [1.82, 2.24) is 15.1 Å². The fourth-order valence-corrected chi connectivity index (χ4v) is 5.19. The maximum Gasteiger partial charge on any atom is 0.273 e. The summed E-state index contributed by atoms with van der Waals surface area (Å²) in [6, 6.07) is 16.5. The van der Waals surface area contributed by atoms with E-state index >= 15 is 0 Å². The Bertz CT molecular complexity index is 1490. The Kier molecular flexibility index (Phi) is 6.88. The lowest BCUT2D eigenvalue weighted by Gasteiger charge is -2.27. The number of aryl methyl sites for hydroxylation is 1. The van der Waals surface area contributed by atoms with Gasteiger partial charge in [-0.25, -0.2) is 0 Å². The van der Waals surface area contributed by atoms with Gasteiger partial charge in [0.15, 0.2) is 11.5 Å². The lowest BCUT2D eigenvalue weighted by atomic mass is 9.95. The van der Waals surface area contributed by atoms with Gasteiger partial charge in [-0.05, 0) is 66.4 Å². The summed E-state index contributed by atoms with van der Waals surface area (Å²) < 4.78 is 11.7. The summed E-state index contributed by atoms with van der Waals surface area (Å²) in [7, 11) is 3.20. The predicted molar refractivity (Wildman–Crippen MR) is 146 cm³/mol. The summed E-state index contributed by atoms with van der Waals surface area (Å²) in [5.41, 5.74) is 4.81. The Morgan fingerprint density at radius 2 is 1.81 bits per heavy atom. The molecular weight excluding hydrogens is 558 g/mol. The van der Waals surface area contributed by atoms with Crippen molar-refractivity contribution in [2.75, 3.05) is 20.8 Å². The van der Waals surface area contributed by atoms with Gasteiger partial charge in [-0.2, -0.15) is 5.10 Å². The normalized spacial score (nSPS) is 14.7. The molecule has 0 aliphatic carbocycles. The minimum atomic E-state index is -0.399. The largest absolute Gasteiger partial charge is 0.507 e. The van der Waals surface area contributed by atoms with Gasteiger partial charge in [-0.15, -0.1) is 0 Å². The third-order valence-corrected chi connectivity index (χ3v) is 7.61. The molecule has 0 bridgehead atoms. The van der Waals surface area contributed by atoms with Crippen molar-refractivity contribution in [2.45, 2.75) is 19.4 Å².